The third-order valence-electron chi connectivity index (χ3n) is 2.82. The Hall–Kier alpha value is -1.76. The Morgan fingerprint density at radius 3 is 2.83 bits per heavy atom. The van der Waals surface area contributed by atoms with Crippen molar-refractivity contribution in [3.05, 3.63) is 40.3 Å². The first-order valence-corrected chi connectivity index (χ1v) is 5.58. The van der Waals surface area contributed by atoms with E-state index in [-0.39, 0.29) is 18.6 Å². The SMILES string of the molecule is O=c1[nH]ncc2cc(C(O)C(O)CCO)ccc12. The van der Waals surface area contributed by atoms with E-state index in [1.54, 1.807) is 18.2 Å². The summed E-state index contributed by atoms with van der Waals surface area (Å²) in [6, 6.07) is 4.74. The molecule has 0 fully saturated rings. The van der Waals surface area contributed by atoms with Crippen LogP contribution in [0.1, 0.15) is 18.1 Å². The number of aromatic nitrogens is 2. The third kappa shape index (κ3) is 2.40. The molecular formula is C12H14N2O4. The number of nitrogens with one attached hydrogen (secondary N) is 1. The molecule has 2 atom stereocenters. The molecule has 6 nitrogen and oxygen atoms in total. The van der Waals surface area contributed by atoms with E-state index in [9.17, 15) is 15.0 Å². The quantitative estimate of drug-likeness (QED) is 0.596. The smallest absolute Gasteiger partial charge is 0.272 e. The van der Waals surface area contributed by atoms with Crippen molar-refractivity contribution >= 4 is 10.8 Å². The normalized spacial score (nSPS) is 14.6. The summed E-state index contributed by atoms with van der Waals surface area (Å²) in [6.07, 6.45) is -0.568. The lowest BCUT2D eigenvalue weighted by molar-refractivity contribution is 0.00429. The highest BCUT2D eigenvalue weighted by molar-refractivity contribution is 5.81. The largest absolute Gasteiger partial charge is 0.396 e. The average molecular weight is 250 g/mol. The molecule has 2 aromatic rings. The number of aliphatic hydroxyl groups excluding tert-OH is 3. The van der Waals surface area contributed by atoms with E-state index in [0.29, 0.717) is 16.3 Å². The van der Waals surface area contributed by atoms with Gasteiger partial charge in [-0.1, -0.05) is 6.07 Å². The van der Waals surface area contributed by atoms with E-state index >= 15 is 0 Å². The molecule has 0 amide bonds. The van der Waals surface area contributed by atoms with Gasteiger partial charge in [0.2, 0.25) is 0 Å². The first-order valence-electron chi connectivity index (χ1n) is 5.58. The highest BCUT2D eigenvalue weighted by Crippen LogP contribution is 2.21. The van der Waals surface area contributed by atoms with E-state index in [1.807, 2.05) is 0 Å². The molecule has 18 heavy (non-hydrogen) atoms. The molecule has 0 spiro atoms. The Labute approximate surface area is 103 Å². The zero-order chi connectivity index (χ0) is 13.1. The molecule has 6 heteroatoms. The van der Waals surface area contributed by atoms with Gasteiger partial charge in [0.05, 0.1) is 17.7 Å². The van der Waals surface area contributed by atoms with Gasteiger partial charge >= 0.3 is 0 Å². The molecule has 0 aliphatic carbocycles. The summed E-state index contributed by atoms with van der Waals surface area (Å²) in [5.41, 5.74) is 0.181. The molecule has 2 unspecified atom stereocenters. The molecule has 2 rings (SSSR count). The average Bonchev–Trinajstić information content (AvgIpc) is 2.38. The predicted molar refractivity (Wildman–Crippen MR) is 65.0 cm³/mol. The molecule has 0 aliphatic rings. The Morgan fingerprint density at radius 1 is 1.33 bits per heavy atom. The van der Waals surface area contributed by atoms with Crippen LogP contribution in [0.3, 0.4) is 0 Å². The minimum absolute atomic E-state index is 0.0901. The summed E-state index contributed by atoms with van der Waals surface area (Å²) in [5.74, 6) is 0. The van der Waals surface area contributed by atoms with Gasteiger partial charge in [-0.05, 0) is 24.1 Å². The van der Waals surface area contributed by atoms with Crippen molar-refractivity contribution in [2.75, 3.05) is 6.61 Å². The van der Waals surface area contributed by atoms with Crippen molar-refractivity contribution in [2.45, 2.75) is 18.6 Å². The molecule has 1 aromatic carbocycles. The van der Waals surface area contributed by atoms with Gasteiger partial charge in [0, 0.05) is 12.0 Å². The van der Waals surface area contributed by atoms with Crippen LogP contribution >= 0.6 is 0 Å². The number of aliphatic hydroxyl groups is 3. The van der Waals surface area contributed by atoms with Crippen LogP contribution in [0.25, 0.3) is 10.8 Å². The van der Waals surface area contributed by atoms with E-state index < -0.39 is 12.2 Å². The first kappa shape index (κ1) is 12.7. The van der Waals surface area contributed by atoms with Crippen LogP contribution < -0.4 is 5.56 Å². The Balaban J connectivity index is 2.38. The summed E-state index contributed by atoms with van der Waals surface area (Å²) >= 11 is 0. The maximum atomic E-state index is 11.4. The number of nitrogens with zero attached hydrogens (tertiary/aromatic N) is 1. The minimum Gasteiger partial charge on any atom is -0.396 e. The molecule has 0 saturated carbocycles. The Morgan fingerprint density at radius 2 is 2.11 bits per heavy atom. The van der Waals surface area contributed by atoms with Gasteiger partial charge in [0.1, 0.15) is 6.10 Å². The van der Waals surface area contributed by atoms with Crippen LogP contribution in [-0.4, -0.2) is 38.2 Å². The number of rotatable bonds is 4. The fourth-order valence-electron chi connectivity index (χ4n) is 1.81. The highest BCUT2D eigenvalue weighted by atomic mass is 16.3. The standard InChI is InChI=1S/C12H14N2O4/c15-4-3-10(16)11(17)7-1-2-9-8(5-7)6-13-14-12(9)18/h1-2,5-6,10-11,15-17H,3-4H2,(H,14,18). The maximum Gasteiger partial charge on any atom is 0.272 e. The minimum atomic E-state index is -1.10. The van der Waals surface area contributed by atoms with Gasteiger partial charge in [-0.3, -0.25) is 4.79 Å². The molecule has 1 aromatic heterocycles. The second-order valence-corrected chi connectivity index (χ2v) is 4.07. The maximum absolute atomic E-state index is 11.4. The van der Waals surface area contributed by atoms with Gasteiger partial charge in [0.25, 0.3) is 5.56 Å². The fraction of sp³-hybridized carbons (Fsp3) is 0.333. The van der Waals surface area contributed by atoms with Crippen molar-refractivity contribution in [1.29, 1.82) is 0 Å². The first-order chi connectivity index (χ1) is 8.63. The van der Waals surface area contributed by atoms with Crippen molar-refractivity contribution < 1.29 is 15.3 Å². The van der Waals surface area contributed by atoms with Crippen LogP contribution in [-0.2, 0) is 0 Å². The second kappa shape index (κ2) is 5.26. The van der Waals surface area contributed by atoms with E-state index in [1.165, 1.54) is 6.20 Å². The Kier molecular flexibility index (Phi) is 3.71. The van der Waals surface area contributed by atoms with Gasteiger partial charge < -0.3 is 15.3 Å². The van der Waals surface area contributed by atoms with Crippen molar-refractivity contribution in [3.63, 3.8) is 0 Å². The lowest BCUT2D eigenvalue weighted by Gasteiger charge is -2.17. The lowest BCUT2D eigenvalue weighted by atomic mass is 10.0. The number of hydrogen-bond acceptors (Lipinski definition) is 5. The fourth-order valence-corrected chi connectivity index (χ4v) is 1.81. The zero-order valence-electron chi connectivity index (χ0n) is 9.58. The van der Waals surface area contributed by atoms with Crippen LogP contribution in [0, 0.1) is 0 Å². The molecule has 4 N–H and O–H groups in total. The number of benzene rings is 1. The summed E-state index contributed by atoms with van der Waals surface area (Å²) in [5, 5.41) is 35.2. The molecule has 0 saturated heterocycles. The van der Waals surface area contributed by atoms with Crippen LogP contribution in [0.15, 0.2) is 29.2 Å². The predicted octanol–water partition coefficient (Wildman–Crippen LogP) is -0.300. The lowest BCUT2D eigenvalue weighted by Crippen LogP contribution is -2.19. The zero-order valence-corrected chi connectivity index (χ0v) is 9.58. The van der Waals surface area contributed by atoms with E-state index in [4.69, 9.17) is 5.11 Å². The molecule has 0 bridgehead atoms. The van der Waals surface area contributed by atoms with Crippen LogP contribution in [0.5, 0.6) is 0 Å². The summed E-state index contributed by atoms with van der Waals surface area (Å²) < 4.78 is 0. The highest BCUT2D eigenvalue weighted by Gasteiger charge is 2.18. The van der Waals surface area contributed by atoms with Gasteiger partial charge in [-0.25, -0.2) is 5.10 Å². The molecule has 0 aliphatic heterocycles. The number of hydrogen-bond donors (Lipinski definition) is 4. The summed E-state index contributed by atoms with van der Waals surface area (Å²) in [7, 11) is 0. The summed E-state index contributed by atoms with van der Waals surface area (Å²) in [4.78, 5) is 11.4. The summed E-state index contributed by atoms with van der Waals surface area (Å²) in [6.45, 7) is -0.201. The number of fused-ring (bicyclic) bond motifs is 1. The van der Waals surface area contributed by atoms with E-state index in [0.717, 1.165) is 0 Å². The number of aromatic amines is 1. The molecule has 0 radical (unpaired) electrons. The van der Waals surface area contributed by atoms with Crippen molar-refractivity contribution in [3.8, 4) is 0 Å². The van der Waals surface area contributed by atoms with Crippen LogP contribution in [0.2, 0.25) is 0 Å². The number of H-pyrrole nitrogens is 1. The molecule has 1 heterocycles. The van der Waals surface area contributed by atoms with Crippen molar-refractivity contribution in [2.24, 2.45) is 0 Å². The molecule has 96 valence electrons. The van der Waals surface area contributed by atoms with Crippen molar-refractivity contribution in [1.82, 2.24) is 10.2 Å². The van der Waals surface area contributed by atoms with Gasteiger partial charge in [0.15, 0.2) is 0 Å². The van der Waals surface area contributed by atoms with E-state index in [2.05, 4.69) is 10.2 Å². The topological polar surface area (TPSA) is 106 Å². The van der Waals surface area contributed by atoms with Crippen LogP contribution in [0.4, 0.5) is 0 Å². The second-order valence-electron chi connectivity index (χ2n) is 4.07. The monoisotopic (exact) mass is 250 g/mol. The third-order valence-corrected chi connectivity index (χ3v) is 2.82. The Bertz CT molecular complexity index is 596. The van der Waals surface area contributed by atoms with Gasteiger partial charge in [-0.15, -0.1) is 0 Å². The van der Waals surface area contributed by atoms with Gasteiger partial charge in [-0.2, -0.15) is 5.10 Å². The molecular weight excluding hydrogens is 236 g/mol.